The number of rotatable bonds is 6. The molecule has 4 rings (SSSR count). The van der Waals surface area contributed by atoms with E-state index in [4.69, 9.17) is 14.0 Å². The van der Waals surface area contributed by atoms with Crippen molar-refractivity contribution in [3.8, 4) is 17.1 Å². The summed E-state index contributed by atoms with van der Waals surface area (Å²) >= 11 is 0. The van der Waals surface area contributed by atoms with Gasteiger partial charge in [-0.1, -0.05) is 5.16 Å². The summed E-state index contributed by atoms with van der Waals surface area (Å²) < 4.78 is 15.7. The van der Waals surface area contributed by atoms with Crippen LogP contribution in [0.3, 0.4) is 0 Å². The maximum atomic E-state index is 12.6. The quantitative estimate of drug-likeness (QED) is 0.557. The number of nitrogens with zero attached hydrogens (tertiary/aromatic N) is 3. The molecule has 1 aromatic heterocycles. The van der Waals surface area contributed by atoms with Gasteiger partial charge in [0.1, 0.15) is 5.75 Å². The molecule has 1 aliphatic rings. The molecule has 0 radical (unpaired) electrons. The van der Waals surface area contributed by atoms with Gasteiger partial charge >= 0.3 is 12.0 Å². The highest BCUT2D eigenvalue weighted by molar-refractivity contribution is 5.92. The zero-order valence-electron chi connectivity index (χ0n) is 18.6. The van der Waals surface area contributed by atoms with Gasteiger partial charge in [-0.05, 0) is 68.3 Å². The van der Waals surface area contributed by atoms with Gasteiger partial charge in [-0.15, -0.1) is 0 Å². The first kappa shape index (κ1) is 22.3. The van der Waals surface area contributed by atoms with Crippen molar-refractivity contribution in [2.24, 2.45) is 0 Å². The average molecular weight is 450 g/mol. The normalized spacial score (nSPS) is 14.1. The number of urea groups is 1. The molecule has 33 heavy (non-hydrogen) atoms. The molecule has 0 saturated carbocycles. The third kappa shape index (κ3) is 5.31. The van der Waals surface area contributed by atoms with Gasteiger partial charge in [-0.3, -0.25) is 0 Å². The fourth-order valence-electron chi connectivity index (χ4n) is 3.69. The summed E-state index contributed by atoms with van der Waals surface area (Å²) in [5.41, 5.74) is 1.93. The Bertz CT molecular complexity index is 1090. The molecule has 9 nitrogen and oxygen atoms in total. The van der Waals surface area contributed by atoms with Gasteiger partial charge in [0.25, 0.3) is 0 Å². The zero-order chi connectivity index (χ0) is 23.2. The second-order valence-corrected chi connectivity index (χ2v) is 7.67. The van der Waals surface area contributed by atoms with Crippen LogP contribution in [-0.4, -0.2) is 53.8 Å². The number of amides is 2. The van der Waals surface area contributed by atoms with Crippen molar-refractivity contribution in [1.82, 2.24) is 15.0 Å². The van der Waals surface area contributed by atoms with Crippen molar-refractivity contribution in [3.05, 3.63) is 60.0 Å². The van der Waals surface area contributed by atoms with Crippen LogP contribution in [0.25, 0.3) is 11.4 Å². The summed E-state index contributed by atoms with van der Waals surface area (Å²) in [5, 5.41) is 6.98. The highest BCUT2D eigenvalue weighted by atomic mass is 16.5. The average Bonchev–Trinajstić information content (AvgIpc) is 3.35. The van der Waals surface area contributed by atoms with E-state index in [9.17, 15) is 9.59 Å². The summed E-state index contributed by atoms with van der Waals surface area (Å²) in [4.78, 5) is 30.7. The third-order valence-corrected chi connectivity index (χ3v) is 5.57. The minimum absolute atomic E-state index is 0.109. The van der Waals surface area contributed by atoms with Crippen LogP contribution in [0.4, 0.5) is 10.5 Å². The van der Waals surface area contributed by atoms with Gasteiger partial charge in [-0.25, -0.2) is 9.59 Å². The number of nitrogens with one attached hydrogen (secondary N) is 1. The lowest BCUT2D eigenvalue weighted by molar-refractivity contribution is 0.0526. The molecule has 9 heteroatoms. The van der Waals surface area contributed by atoms with E-state index in [1.165, 1.54) is 0 Å². The Hall–Kier alpha value is -3.88. The predicted octanol–water partition coefficient (Wildman–Crippen LogP) is 4.33. The second kappa shape index (κ2) is 10.2. The summed E-state index contributed by atoms with van der Waals surface area (Å²) in [7, 11) is 1.62. The summed E-state index contributed by atoms with van der Waals surface area (Å²) in [6, 6.07) is 14.0. The Balaban J connectivity index is 1.30. The number of ether oxygens (including phenoxy) is 2. The standard InChI is InChI=1S/C24H26N4O5/c1-3-32-23(29)18-4-8-19(9-5-18)25-24(30)28-14-12-17(13-15-28)22-26-21(27-33-22)16-6-10-20(31-2)11-7-16/h4-11,17H,3,12-15H2,1-2H3,(H,25,30). The minimum atomic E-state index is -0.381. The number of piperidine rings is 1. The lowest BCUT2D eigenvalue weighted by Gasteiger charge is -2.30. The molecule has 0 aliphatic carbocycles. The van der Waals surface area contributed by atoms with Gasteiger partial charge in [-0.2, -0.15) is 4.98 Å². The van der Waals surface area contributed by atoms with Gasteiger partial charge in [0.2, 0.25) is 11.7 Å². The molecule has 0 atom stereocenters. The number of esters is 1. The van der Waals surface area contributed by atoms with Crippen molar-refractivity contribution in [1.29, 1.82) is 0 Å². The maximum absolute atomic E-state index is 12.6. The number of methoxy groups -OCH3 is 1. The van der Waals surface area contributed by atoms with Crippen LogP contribution >= 0.6 is 0 Å². The molecule has 172 valence electrons. The number of hydrogen-bond donors (Lipinski definition) is 1. The summed E-state index contributed by atoms with van der Waals surface area (Å²) in [5.74, 6) is 1.63. The van der Waals surface area contributed by atoms with E-state index in [-0.39, 0.29) is 17.9 Å². The molecule has 1 fully saturated rings. The molecule has 1 saturated heterocycles. The largest absolute Gasteiger partial charge is 0.497 e. The predicted molar refractivity (Wildman–Crippen MR) is 121 cm³/mol. The minimum Gasteiger partial charge on any atom is -0.497 e. The molecular formula is C24H26N4O5. The molecule has 3 aromatic rings. The van der Waals surface area contributed by atoms with Crippen molar-refractivity contribution >= 4 is 17.7 Å². The van der Waals surface area contributed by atoms with E-state index in [2.05, 4.69) is 15.5 Å². The Kier molecular flexibility index (Phi) is 6.87. The summed E-state index contributed by atoms with van der Waals surface area (Å²) in [6.45, 7) is 3.24. The molecular weight excluding hydrogens is 424 g/mol. The van der Waals surface area contributed by atoms with Gasteiger partial charge < -0.3 is 24.2 Å². The van der Waals surface area contributed by atoms with E-state index in [0.29, 0.717) is 42.7 Å². The monoisotopic (exact) mass is 450 g/mol. The fourth-order valence-corrected chi connectivity index (χ4v) is 3.69. The lowest BCUT2D eigenvalue weighted by atomic mass is 9.97. The molecule has 0 spiro atoms. The summed E-state index contributed by atoms with van der Waals surface area (Å²) in [6.07, 6.45) is 1.47. The SMILES string of the molecule is CCOC(=O)c1ccc(NC(=O)N2CCC(c3nc(-c4ccc(OC)cc4)no3)CC2)cc1. The second-order valence-electron chi connectivity index (χ2n) is 7.67. The first-order chi connectivity index (χ1) is 16.1. The van der Waals surface area contributed by atoms with Crippen LogP contribution in [0.15, 0.2) is 53.1 Å². The van der Waals surface area contributed by atoms with Crippen molar-refractivity contribution in [2.45, 2.75) is 25.7 Å². The smallest absolute Gasteiger partial charge is 0.338 e. The highest BCUT2D eigenvalue weighted by Gasteiger charge is 2.27. The number of anilines is 1. The van der Waals surface area contributed by atoms with Crippen molar-refractivity contribution in [3.63, 3.8) is 0 Å². The van der Waals surface area contributed by atoms with E-state index >= 15 is 0 Å². The first-order valence-corrected chi connectivity index (χ1v) is 10.9. The Morgan fingerprint density at radius 3 is 2.42 bits per heavy atom. The number of aromatic nitrogens is 2. The van der Waals surface area contributed by atoms with Gasteiger partial charge in [0.05, 0.1) is 19.3 Å². The Morgan fingerprint density at radius 1 is 1.09 bits per heavy atom. The van der Waals surface area contributed by atoms with E-state index in [1.807, 2.05) is 24.3 Å². The number of hydrogen-bond acceptors (Lipinski definition) is 7. The van der Waals surface area contributed by atoms with Gasteiger partial charge in [0, 0.05) is 30.3 Å². The van der Waals surface area contributed by atoms with E-state index in [0.717, 1.165) is 24.2 Å². The topological polar surface area (TPSA) is 107 Å². The highest BCUT2D eigenvalue weighted by Crippen LogP contribution is 2.29. The molecule has 0 bridgehead atoms. The van der Waals surface area contributed by atoms with E-state index < -0.39 is 0 Å². The van der Waals surface area contributed by atoms with Crippen LogP contribution in [0.1, 0.15) is 41.9 Å². The molecule has 2 heterocycles. The van der Waals surface area contributed by atoms with Crippen LogP contribution < -0.4 is 10.1 Å². The van der Waals surface area contributed by atoms with E-state index in [1.54, 1.807) is 43.2 Å². The molecule has 0 unspecified atom stereocenters. The fraction of sp³-hybridized carbons (Fsp3) is 0.333. The first-order valence-electron chi connectivity index (χ1n) is 10.9. The number of benzene rings is 2. The molecule has 2 amide bonds. The van der Waals surface area contributed by atoms with Crippen LogP contribution in [0.2, 0.25) is 0 Å². The molecule has 1 aliphatic heterocycles. The van der Waals surface area contributed by atoms with Gasteiger partial charge in [0.15, 0.2) is 0 Å². The Labute approximate surface area is 191 Å². The lowest BCUT2D eigenvalue weighted by Crippen LogP contribution is -2.40. The number of likely N-dealkylation sites (tertiary alicyclic amines) is 1. The van der Waals surface area contributed by atoms with Crippen molar-refractivity contribution < 1.29 is 23.6 Å². The Morgan fingerprint density at radius 2 is 1.79 bits per heavy atom. The molecule has 1 N–H and O–H groups in total. The molecule has 2 aromatic carbocycles. The van der Waals surface area contributed by atoms with Crippen LogP contribution in [0.5, 0.6) is 5.75 Å². The third-order valence-electron chi connectivity index (χ3n) is 5.57. The van der Waals surface area contributed by atoms with Crippen LogP contribution in [0, 0.1) is 0 Å². The maximum Gasteiger partial charge on any atom is 0.338 e. The van der Waals surface area contributed by atoms with Crippen LogP contribution in [-0.2, 0) is 4.74 Å². The number of carbonyl (C=O) groups is 2. The van der Waals surface area contributed by atoms with Crippen molar-refractivity contribution in [2.75, 3.05) is 32.1 Å². The zero-order valence-corrected chi connectivity index (χ0v) is 18.6. The number of carbonyl (C=O) groups excluding carboxylic acids is 2.